The summed E-state index contributed by atoms with van der Waals surface area (Å²) < 4.78 is 5.72. The summed E-state index contributed by atoms with van der Waals surface area (Å²) in [6.07, 6.45) is 3.11. The van der Waals surface area contributed by atoms with Gasteiger partial charge >= 0.3 is 0 Å². The first-order valence-corrected chi connectivity index (χ1v) is 10.3. The van der Waals surface area contributed by atoms with Crippen LogP contribution < -0.4 is 15.5 Å². The highest BCUT2D eigenvalue weighted by molar-refractivity contribution is 5.94. The van der Waals surface area contributed by atoms with Gasteiger partial charge in [0, 0.05) is 12.1 Å². The molecule has 2 aromatic carbocycles. The van der Waals surface area contributed by atoms with E-state index >= 15 is 0 Å². The summed E-state index contributed by atoms with van der Waals surface area (Å²) in [5.74, 6) is -0.202. The number of rotatable bonds is 8. The van der Waals surface area contributed by atoms with E-state index in [4.69, 9.17) is 15.2 Å². The second-order valence-corrected chi connectivity index (χ2v) is 7.42. The van der Waals surface area contributed by atoms with E-state index in [-0.39, 0.29) is 12.5 Å². The van der Waals surface area contributed by atoms with E-state index in [0.717, 1.165) is 37.9 Å². The highest BCUT2D eigenvalue weighted by atomic mass is 16.5. The van der Waals surface area contributed by atoms with Gasteiger partial charge in [0.2, 0.25) is 0 Å². The van der Waals surface area contributed by atoms with Crippen LogP contribution in [-0.4, -0.2) is 47.6 Å². The summed E-state index contributed by atoms with van der Waals surface area (Å²) in [7, 11) is 0. The molecule has 2 amide bonds. The van der Waals surface area contributed by atoms with Crippen LogP contribution in [0.15, 0.2) is 48.5 Å². The minimum Gasteiger partial charge on any atom is -0.489 e. The fraction of sp³-hybridized carbons (Fsp3) is 0.348. The van der Waals surface area contributed by atoms with Crippen molar-refractivity contribution in [3.05, 3.63) is 65.2 Å². The molecule has 3 N–H and O–H groups in total. The predicted octanol–water partition coefficient (Wildman–Crippen LogP) is 2.23. The van der Waals surface area contributed by atoms with Gasteiger partial charge in [-0.2, -0.15) is 5.26 Å². The minimum absolute atomic E-state index is 0.113. The number of likely N-dealkylation sites (tertiary alicyclic amines) is 1. The largest absolute Gasteiger partial charge is 0.489 e. The third kappa shape index (κ3) is 6.28. The molecule has 162 valence electrons. The average molecular weight is 422 g/mol. The van der Waals surface area contributed by atoms with Crippen molar-refractivity contribution < 1.29 is 19.5 Å². The molecule has 1 heterocycles. The molecule has 3 rings (SSSR count). The molecule has 1 fully saturated rings. The zero-order chi connectivity index (χ0) is 22.1. The molecule has 0 saturated carbocycles. The molecule has 1 saturated heterocycles. The molecule has 0 spiro atoms. The summed E-state index contributed by atoms with van der Waals surface area (Å²) in [5.41, 5.74) is 3.69. The zero-order valence-corrected chi connectivity index (χ0v) is 17.2. The fourth-order valence-corrected chi connectivity index (χ4v) is 3.53. The van der Waals surface area contributed by atoms with Gasteiger partial charge in [-0.05, 0) is 67.9 Å². The Kier molecular flexibility index (Phi) is 7.98. The molecule has 1 atom stereocenters. The summed E-state index contributed by atoms with van der Waals surface area (Å²) in [4.78, 5) is 26.5. The van der Waals surface area contributed by atoms with Gasteiger partial charge in [-0.25, -0.2) is 5.48 Å². The normalized spacial score (nSPS) is 14.8. The number of hydrogen-bond donors (Lipinski definition) is 3. The Bertz CT molecular complexity index is 916. The second-order valence-electron chi connectivity index (χ2n) is 7.42. The maximum atomic E-state index is 12.5. The Labute approximate surface area is 181 Å². The van der Waals surface area contributed by atoms with E-state index < -0.39 is 11.9 Å². The number of carbonyl (C=O) groups is 2. The number of nitrogens with zero attached hydrogens (tertiary/aromatic N) is 2. The lowest BCUT2D eigenvalue weighted by Gasteiger charge is -2.33. The Balaban J connectivity index is 1.52. The lowest BCUT2D eigenvalue weighted by atomic mass is 10.1. The minimum atomic E-state index is -0.607. The molecule has 1 aliphatic rings. The van der Waals surface area contributed by atoms with Crippen molar-refractivity contribution >= 4 is 11.8 Å². The quantitative estimate of drug-likeness (QED) is 0.444. The van der Waals surface area contributed by atoms with Crippen molar-refractivity contribution in [1.82, 2.24) is 15.7 Å². The van der Waals surface area contributed by atoms with Gasteiger partial charge in [0.05, 0.1) is 11.6 Å². The van der Waals surface area contributed by atoms with Crippen LogP contribution in [-0.2, 0) is 11.4 Å². The van der Waals surface area contributed by atoms with Gasteiger partial charge in [0.1, 0.15) is 18.4 Å². The number of nitrogens with one attached hydrogen (secondary N) is 2. The molecule has 2 aromatic rings. The van der Waals surface area contributed by atoms with Crippen LogP contribution in [0.5, 0.6) is 5.75 Å². The summed E-state index contributed by atoms with van der Waals surface area (Å²) in [6, 6.07) is 15.3. The zero-order valence-electron chi connectivity index (χ0n) is 17.2. The van der Waals surface area contributed by atoms with Crippen LogP contribution >= 0.6 is 0 Å². The maximum Gasteiger partial charge on any atom is 0.262 e. The van der Waals surface area contributed by atoms with Crippen LogP contribution in [0.2, 0.25) is 0 Å². The van der Waals surface area contributed by atoms with Gasteiger partial charge in [0.25, 0.3) is 11.8 Å². The van der Waals surface area contributed by atoms with Crippen LogP contribution in [0.25, 0.3) is 0 Å². The third-order valence-electron chi connectivity index (χ3n) is 5.31. The van der Waals surface area contributed by atoms with E-state index in [0.29, 0.717) is 23.5 Å². The molecule has 1 aliphatic heterocycles. The maximum absolute atomic E-state index is 12.5. The molecule has 8 nitrogen and oxygen atoms in total. The van der Waals surface area contributed by atoms with Crippen molar-refractivity contribution in [3.8, 4) is 11.8 Å². The highest BCUT2D eigenvalue weighted by Crippen LogP contribution is 2.15. The molecule has 0 radical (unpaired) electrons. The molecular weight excluding hydrogens is 396 g/mol. The first kappa shape index (κ1) is 22.3. The van der Waals surface area contributed by atoms with Crippen molar-refractivity contribution in [2.24, 2.45) is 0 Å². The average Bonchev–Trinajstić information content (AvgIpc) is 2.83. The third-order valence-corrected chi connectivity index (χ3v) is 5.31. The molecule has 8 heteroatoms. The number of piperidine rings is 1. The summed E-state index contributed by atoms with van der Waals surface area (Å²) in [6.45, 7) is 1.99. The highest BCUT2D eigenvalue weighted by Gasteiger charge is 2.27. The first-order valence-electron chi connectivity index (χ1n) is 10.3. The molecule has 31 heavy (non-hydrogen) atoms. The van der Waals surface area contributed by atoms with Crippen molar-refractivity contribution in [2.45, 2.75) is 31.9 Å². The number of nitriles is 1. The van der Waals surface area contributed by atoms with Gasteiger partial charge in [-0.15, -0.1) is 0 Å². The van der Waals surface area contributed by atoms with Crippen LogP contribution in [0.4, 0.5) is 0 Å². The van der Waals surface area contributed by atoms with E-state index in [1.54, 1.807) is 41.9 Å². The summed E-state index contributed by atoms with van der Waals surface area (Å²) >= 11 is 0. The molecule has 0 bridgehead atoms. The molecule has 0 aliphatic carbocycles. The standard InChI is InChI=1S/C23H26N4O4/c24-14-17-4-6-18(7-5-17)16-31-20-10-8-19(9-11-20)22(28)25-15-21(23(29)26-30)27-12-2-1-3-13-27/h4-11,21,30H,1-3,12-13,15-16H2,(H,25,28)(H,26,29). The van der Waals surface area contributed by atoms with E-state index in [1.165, 1.54) is 0 Å². The lowest BCUT2D eigenvalue weighted by molar-refractivity contribution is -0.135. The molecule has 0 aromatic heterocycles. The van der Waals surface area contributed by atoms with E-state index in [1.807, 2.05) is 17.0 Å². The van der Waals surface area contributed by atoms with E-state index in [2.05, 4.69) is 11.4 Å². The number of hydrogen-bond acceptors (Lipinski definition) is 6. The Morgan fingerprint density at radius 1 is 1.06 bits per heavy atom. The summed E-state index contributed by atoms with van der Waals surface area (Å²) in [5, 5.41) is 20.7. The SMILES string of the molecule is N#Cc1ccc(COc2ccc(C(=O)NCC(C(=O)NO)N3CCCCC3)cc2)cc1. The van der Waals surface area contributed by atoms with Gasteiger partial charge in [0.15, 0.2) is 0 Å². The number of hydroxylamine groups is 1. The van der Waals surface area contributed by atoms with Crippen molar-refractivity contribution in [2.75, 3.05) is 19.6 Å². The number of benzene rings is 2. The van der Waals surface area contributed by atoms with Crippen LogP contribution in [0.1, 0.15) is 40.7 Å². The smallest absolute Gasteiger partial charge is 0.262 e. The monoisotopic (exact) mass is 422 g/mol. The van der Waals surface area contributed by atoms with Crippen molar-refractivity contribution in [3.63, 3.8) is 0 Å². The number of amides is 2. The van der Waals surface area contributed by atoms with Gasteiger partial charge in [-0.1, -0.05) is 18.6 Å². The topological polar surface area (TPSA) is 115 Å². The lowest BCUT2D eigenvalue weighted by Crippen LogP contribution is -2.53. The van der Waals surface area contributed by atoms with E-state index in [9.17, 15) is 9.59 Å². The van der Waals surface area contributed by atoms with Crippen LogP contribution in [0, 0.1) is 11.3 Å². The van der Waals surface area contributed by atoms with Crippen molar-refractivity contribution in [1.29, 1.82) is 5.26 Å². The molecule has 1 unspecified atom stereocenters. The first-order chi connectivity index (χ1) is 15.1. The Morgan fingerprint density at radius 3 is 2.35 bits per heavy atom. The fourth-order valence-electron chi connectivity index (χ4n) is 3.53. The Morgan fingerprint density at radius 2 is 1.74 bits per heavy atom. The number of ether oxygens (including phenoxy) is 1. The second kappa shape index (κ2) is 11.1. The van der Waals surface area contributed by atoms with Crippen LogP contribution in [0.3, 0.4) is 0 Å². The Hall–Kier alpha value is -3.41. The number of carbonyl (C=O) groups excluding carboxylic acids is 2. The van der Waals surface area contributed by atoms with Gasteiger partial charge in [-0.3, -0.25) is 19.7 Å². The predicted molar refractivity (Wildman–Crippen MR) is 113 cm³/mol. The molecular formula is C23H26N4O4. The van der Waals surface area contributed by atoms with Gasteiger partial charge < -0.3 is 10.1 Å².